The van der Waals surface area contributed by atoms with Crippen molar-refractivity contribution in [3.05, 3.63) is 66.2 Å². The van der Waals surface area contributed by atoms with E-state index in [4.69, 9.17) is 9.15 Å². The van der Waals surface area contributed by atoms with Gasteiger partial charge in [0.1, 0.15) is 11.3 Å². The van der Waals surface area contributed by atoms with Crippen LogP contribution in [0.5, 0.6) is 0 Å². The van der Waals surface area contributed by atoms with Gasteiger partial charge in [0.25, 0.3) is 0 Å². The van der Waals surface area contributed by atoms with Crippen molar-refractivity contribution in [2.45, 2.75) is 75.3 Å². The monoisotopic (exact) mass is 568 g/mol. The van der Waals surface area contributed by atoms with Crippen LogP contribution in [0.3, 0.4) is 0 Å². The van der Waals surface area contributed by atoms with Crippen LogP contribution in [-0.2, 0) is 22.1 Å². The van der Waals surface area contributed by atoms with Crippen LogP contribution in [0, 0.1) is 0 Å². The fourth-order valence-electron chi connectivity index (χ4n) is 4.22. The molecule has 0 aliphatic carbocycles. The molecule has 1 aromatic heterocycles. The predicted molar refractivity (Wildman–Crippen MR) is 145 cm³/mol. The molecule has 0 aliphatic heterocycles. The Labute approximate surface area is 229 Å². The van der Waals surface area contributed by atoms with Crippen molar-refractivity contribution in [2.24, 2.45) is 0 Å². The van der Waals surface area contributed by atoms with Crippen molar-refractivity contribution >= 4 is 28.7 Å². The zero-order valence-electron chi connectivity index (χ0n) is 21.9. The fraction of sp³-hybridized carbons (Fsp3) is 0.433. The fourth-order valence-corrected chi connectivity index (χ4v) is 5.10. The highest BCUT2D eigenvalue weighted by molar-refractivity contribution is 7.99. The number of hydrogen-bond acceptors (Lipinski definition) is 4. The molecule has 0 saturated carbocycles. The van der Waals surface area contributed by atoms with Crippen LogP contribution in [0.4, 0.5) is 22.0 Å². The van der Waals surface area contributed by atoms with Crippen LogP contribution in [-0.4, -0.2) is 24.3 Å². The first-order chi connectivity index (χ1) is 18.5. The van der Waals surface area contributed by atoms with Crippen LogP contribution in [0.25, 0.3) is 22.3 Å². The van der Waals surface area contributed by atoms with Gasteiger partial charge in [0.2, 0.25) is 5.92 Å². The number of ether oxygens (including phenoxy) is 1. The predicted octanol–water partition coefficient (Wildman–Crippen LogP) is 9.87. The Kier molecular flexibility index (Phi) is 11.0. The average molecular weight is 569 g/mol. The molecule has 0 saturated heterocycles. The van der Waals surface area contributed by atoms with Gasteiger partial charge in [0.05, 0.1) is 12.2 Å². The van der Waals surface area contributed by atoms with Crippen LogP contribution >= 0.6 is 11.8 Å². The molecule has 0 aliphatic rings. The molecular formula is C30H33F5O3S. The molecule has 0 spiro atoms. The molecule has 3 nitrogen and oxygen atoms in total. The first-order valence-corrected chi connectivity index (χ1v) is 14.0. The number of alkyl halides is 5. The third-order valence-corrected chi connectivity index (χ3v) is 7.35. The Bertz CT molecular complexity index is 1250. The molecule has 0 fully saturated rings. The number of halogens is 5. The minimum absolute atomic E-state index is 0.00589. The summed E-state index contributed by atoms with van der Waals surface area (Å²) in [6, 6.07) is 11.3. The molecular weight excluding hydrogens is 535 g/mol. The van der Waals surface area contributed by atoms with Gasteiger partial charge in [-0.1, -0.05) is 38.5 Å². The quantitative estimate of drug-likeness (QED) is 0.0601. The van der Waals surface area contributed by atoms with Crippen LogP contribution in [0.1, 0.15) is 63.0 Å². The topological polar surface area (TPSA) is 39.4 Å². The Morgan fingerprint density at radius 2 is 1.77 bits per heavy atom. The number of unbranched alkanes of at least 4 members (excludes halogenated alkanes) is 2. The molecule has 0 N–H and O–H groups in total. The van der Waals surface area contributed by atoms with Crippen molar-refractivity contribution < 1.29 is 35.9 Å². The summed E-state index contributed by atoms with van der Waals surface area (Å²) in [5.41, 5.74) is 0.365. The highest BCUT2D eigenvalue weighted by Gasteiger charge is 2.35. The third kappa shape index (κ3) is 9.41. The first kappa shape index (κ1) is 30.7. The SMILES string of the molecule is C=CC(=O)OCCCC(F)(F)CCCSc1ccc2cc(-c3ccc(CCCCC)cc3C(F)(F)F)oc2c1. The van der Waals surface area contributed by atoms with E-state index in [-0.39, 0.29) is 43.6 Å². The highest BCUT2D eigenvalue weighted by Crippen LogP contribution is 2.40. The lowest BCUT2D eigenvalue weighted by Crippen LogP contribution is -2.17. The Morgan fingerprint density at radius 1 is 1.00 bits per heavy atom. The normalized spacial score (nSPS) is 12.2. The van der Waals surface area contributed by atoms with Gasteiger partial charge < -0.3 is 9.15 Å². The largest absolute Gasteiger partial charge is 0.463 e. The Balaban J connectivity index is 1.61. The number of benzene rings is 2. The third-order valence-electron chi connectivity index (χ3n) is 6.27. The van der Waals surface area contributed by atoms with Crippen LogP contribution < -0.4 is 0 Å². The zero-order chi connectivity index (χ0) is 28.5. The second kappa shape index (κ2) is 14.0. The number of carbonyl (C=O) groups is 1. The lowest BCUT2D eigenvalue weighted by molar-refractivity contribution is -0.138. The molecule has 9 heteroatoms. The maximum Gasteiger partial charge on any atom is 0.417 e. The molecule has 1 heterocycles. The van der Waals surface area contributed by atoms with E-state index < -0.39 is 23.6 Å². The maximum absolute atomic E-state index is 14.1. The van der Waals surface area contributed by atoms with Gasteiger partial charge in [-0.15, -0.1) is 11.8 Å². The minimum atomic E-state index is -4.52. The molecule has 3 aromatic rings. The number of thioether (sulfide) groups is 1. The number of furan rings is 1. The van der Waals surface area contributed by atoms with Crippen LogP contribution in [0.2, 0.25) is 0 Å². The van der Waals surface area contributed by atoms with E-state index >= 15 is 0 Å². The average Bonchev–Trinajstić information content (AvgIpc) is 3.32. The molecule has 0 bridgehead atoms. The Hall–Kier alpha value is -2.81. The van der Waals surface area contributed by atoms with Crippen molar-refractivity contribution in [1.82, 2.24) is 0 Å². The van der Waals surface area contributed by atoms with Gasteiger partial charge in [0, 0.05) is 34.8 Å². The lowest BCUT2D eigenvalue weighted by Gasteiger charge is -2.15. The van der Waals surface area contributed by atoms with E-state index in [0.29, 0.717) is 28.7 Å². The van der Waals surface area contributed by atoms with Gasteiger partial charge in [-0.05, 0) is 67.3 Å². The van der Waals surface area contributed by atoms with Crippen molar-refractivity contribution in [3.63, 3.8) is 0 Å². The summed E-state index contributed by atoms with van der Waals surface area (Å²) in [4.78, 5) is 11.7. The standard InChI is InChI=1S/C30H33F5O3S/c1-3-5-6-9-21-10-13-24(25(18-21)30(33,34)35)27-19-22-11-12-23(20-26(22)38-27)39-17-8-15-29(31,32)14-7-16-37-28(36)4-2/h4,10-13,18-20H,2-3,5-9,14-17H2,1H3. The number of hydrogen-bond donors (Lipinski definition) is 0. The van der Waals surface area contributed by atoms with Gasteiger partial charge >= 0.3 is 12.1 Å². The highest BCUT2D eigenvalue weighted by atomic mass is 32.2. The summed E-state index contributed by atoms with van der Waals surface area (Å²) in [6.07, 6.45) is -0.480. The zero-order valence-corrected chi connectivity index (χ0v) is 22.7. The lowest BCUT2D eigenvalue weighted by atomic mass is 9.98. The minimum Gasteiger partial charge on any atom is -0.463 e. The second-order valence-electron chi connectivity index (χ2n) is 9.43. The van der Waals surface area contributed by atoms with Gasteiger partial charge in [-0.2, -0.15) is 13.2 Å². The molecule has 0 radical (unpaired) electrons. The number of carbonyl (C=O) groups excluding carboxylic acids is 1. The molecule has 3 rings (SSSR count). The number of rotatable bonds is 15. The first-order valence-electron chi connectivity index (χ1n) is 13.1. The summed E-state index contributed by atoms with van der Waals surface area (Å²) in [5.74, 6) is -2.91. The molecule has 0 amide bonds. The maximum atomic E-state index is 14.1. The molecule has 39 heavy (non-hydrogen) atoms. The van der Waals surface area contributed by atoms with E-state index in [0.717, 1.165) is 30.2 Å². The molecule has 212 valence electrons. The summed E-state index contributed by atoms with van der Waals surface area (Å²) < 4.78 is 80.4. The van der Waals surface area contributed by atoms with Gasteiger partial charge in [-0.25, -0.2) is 13.6 Å². The summed E-state index contributed by atoms with van der Waals surface area (Å²) in [5, 5.41) is 0.665. The van der Waals surface area contributed by atoms with Crippen molar-refractivity contribution in [1.29, 1.82) is 0 Å². The number of fused-ring (bicyclic) bond motifs is 1. The van der Waals surface area contributed by atoms with Crippen LogP contribution in [0.15, 0.2) is 64.4 Å². The van der Waals surface area contributed by atoms with E-state index in [9.17, 15) is 26.7 Å². The van der Waals surface area contributed by atoms with E-state index in [1.807, 2.05) is 6.92 Å². The molecule has 0 unspecified atom stereocenters. The van der Waals surface area contributed by atoms with Gasteiger partial charge in [-0.3, -0.25) is 0 Å². The summed E-state index contributed by atoms with van der Waals surface area (Å²) in [7, 11) is 0. The van der Waals surface area contributed by atoms with E-state index in [1.54, 1.807) is 30.3 Å². The molecule has 0 atom stereocenters. The molecule has 2 aromatic carbocycles. The van der Waals surface area contributed by atoms with Crippen molar-refractivity contribution in [2.75, 3.05) is 12.4 Å². The Morgan fingerprint density at radius 3 is 2.49 bits per heavy atom. The summed E-state index contributed by atoms with van der Waals surface area (Å²) >= 11 is 1.38. The van der Waals surface area contributed by atoms with E-state index in [2.05, 4.69) is 6.58 Å². The number of aryl methyl sites for hydroxylation is 1. The second-order valence-corrected chi connectivity index (χ2v) is 10.6. The smallest absolute Gasteiger partial charge is 0.417 e. The summed E-state index contributed by atoms with van der Waals surface area (Å²) in [6.45, 7) is 5.22. The van der Waals surface area contributed by atoms with Gasteiger partial charge in [0.15, 0.2) is 0 Å². The van der Waals surface area contributed by atoms with E-state index in [1.165, 1.54) is 23.9 Å². The number of esters is 1. The van der Waals surface area contributed by atoms with Crippen molar-refractivity contribution in [3.8, 4) is 11.3 Å².